The number of ether oxygens (including phenoxy) is 1. The molecule has 3 aliphatic rings. The first-order chi connectivity index (χ1) is 10.3. The standard InChI is InChI=1S/C18H24N2O/c1-2-19-13-15-11-17(19)12-18(15)14-3-5-16(6-4-14)20-7-9-21-10-8-20/h3-6,12,15,17H,2,7-11,13H2,1H3. The molecule has 112 valence electrons. The van der Waals surface area contributed by atoms with Gasteiger partial charge in [-0.2, -0.15) is 0 Å². The Kier molecular flexibility index (Phi) is 3.48. The second kappa shape index (κ2) is 5.47. The summed E-state index contributed by atoms with van der Waals surface area (Å²) in [7, 11) is 0. The van der Waals surface area contributed by atoms with Crippen LogP contribution in [0.15, 0.2) is 30.3 Å². The Labute approximate surface area is 127 Å². The summed E-state index contributed by atoms with van der Waals surface area (Å²) in [6, 6.07) is 9.88. The molecular weight excluding hydrogens is 260 g/mol. The van der Waals surface area contributed by atoms with E-state index in [4.69, 9.17) is 4.74 Å². The molecule has 0 amide bonds. The third kappa shape index (κ3) is 2.39. The number of likely N-dealkylation sites (tertiary alicyclic amines) is 1. The molecule has 3 nitrogen and oxygen atoms in total. The van der Waals surface area contributed by atoms with Crippen LogP contribution in [0.5, 0.6) is 0 Å². The van der Waals surface area contributed by atoms with Gasteiger partial charge in [-0.15, -0.1) is 0 Å². The number of hydrogen-bond donors (Lipinski definition) is 0. The number of anilines is 1. The lowest BCUT2D eigenvalue weighted by molar-refractivity contribution is 0.122. The van der Waals surface area contributed by atoms with Gasteiger partial charge in [0.15, 0.2) is 0 Å². The molecule has 2 bridgehead atoms. The quantitative estimate of drug-likeness (QED) is 0.848. The number of morpholine rings is 1. The van der Waals surface area contributed by atoms with Crippen LogP contribution in [0.2, 0.25) is 0 Å². The fourth-order valence-electron chi connectivity index (χ4n) is 4.06. The summed E-state index contributed by atoms with van der Waals surface area (Å²) < 4.78 is 5.42. The average Bonchev–Trinajstić information content (AvgIpc) is 3.16. The van der Waals surface area contributed by atoms with Gasteiger partial charge in [0.05, 0.1) is 13.2 Å². The fourth-order valence-corrected chi connectivity index (χ4v) is 4.06. The van der Waals surface area contributed by atoms with Crippen molar-refractivity contribution in [2.45, 2.75) is 19.4 Å². The van der Waals surface area contributed by atoms with Crippen LogP contribution < -0.4 is 4.90 Å². The number of nitrogens with zero attached hydrogens (tertiary/aromatic N) is 2. The topological polar surface area (TPSA) is 15.7 Å². The first kappa shape index (κ1) is 13.4. The van der Waals surface area contributed by atoms with Crippen LogP contribution >= 0.6 is 0 Å². The van der Waals surface area contributed by atoms with E-state index in [0.29, 0.717) is 6.04 Å². The first-order valence-corrected chi connectivity index (χ1v) is 8.24. The van der Waals surface area contributed by atoms with Crippen molar-refractivity contribution >= 4 is 11.3 Å². The predicted molar refractivity (Wildman–Crippen MR) is 86.6 cm³/mol. The highest BCUT2D eigenvalue weighted by molar-refractivity contribution is 5.73. The van der Waals surface area contributed by atoms with Crippen molar-refractivity contribution in [2.75, 3.05) is 44.3 Å². The molecule has 2 saturated heterocycles. The maximum absolute atomic E-state index is 5.42. The third-order valence-corrected chi connectivity index (χ3v) is 5.24. The lowest BCUT2D eigenvalue weighted by atomic mass is 9.95. The smallest absolute Gasteiger partial charge is 0.0642 e. The van der Waals surface area contributed by atoms with Crippen LogP contribution in [0.4, 0.5) is 5.69 Å². The number of hydrogen-bond acceptors (Lipinski definition) is 3. The van der Waals surface area contributed by atoms with Gasteiger partial charge in [-0.25, -0.2) is 0 Å². The van der Waals surface area contributed by atoms with Crippen LogP contribution in [-0.4, -0.2) is 50.3 Å². The van der Waals surface area contributed by atoms with Crippen LogP contribution in [0.3, 0.4) is 0 Å². The molecule has 0 radical (unpaired) electrons. The fraction of sp³-hybridized carbons (Fsp3) is 0.556. The minimum atomic E-state index is 0.689. The summed E-state index contributed by atoms with van der Waals surface area (Å²) >= 11 is 0. The molecule has 3 heteroatoms. The highest BCUT2D eigenvalue weighted by atomic mass is 16.5. The van der Waals surface area contributed by atoms with Gasteiger partial charge in [0.2, 0.25) is 0 Å². The zero-order valence-electron chi connectivity index (χ0n) is 12.8. The third-order valence-electron chi connectivity index (χ3n) is 5.24. The van der Waals surface area contributed by atoms with Crippen LogP contribution in [0, 0.1) is 5.92 Å². The van der Waals surface area contributed by atoms with E-state index in [-0.39, 0.29) is 0 Å². The lowest BCUT2D eigenvalue weighted by Gasteiger charge is -2.29. The van der Waals surface area contributed by atoms with Crippen LogP contribution in [-0.2, 0) is 4.74 Å². The Morgan fingerprint density at radius 1 is 1.14 bits per heavy atom. The molecule has 0 spiro atoms. The van der Waals surface area contributed by atoms with Gasteiger partial charge in [0.25, 0.3) is 0 Å². The van der Waals surface area contributed by atoms with E-state index in [1.54, 1.807) is 5.57 Å². The van der Waals surface area contributed by atoms with Crippen molar-refractivity contribution in [2.24, 2.45) is 5.92 Å². The first-order valence-electron chi connectivity index (χ1n) is 8.24. The molecule has 0 N–H and O–H groups in total. The zero-order valence-corrected chi connectivity index (χ0v) is 12.8. The van der Waals surface area contributed by atoms with Gasteiger partial charge in [-0.3, -0.25) is 4.90 Å². The molecule has 1 aromatic carbocycles. The van der Waals surface area contributed by atoms with Crippen molar-refractivity contribution in [1.82, 2.24) is 4.90 Å². The monoisotopic (exact) mass is 284 g/mol. The number of benzene rings is 1. The summed E-state index contributed by atoms with van der Waals surface area (Å²) in [4.78, 5) is 5.01. The van der Waals surface area contributed by atoms with E-state index in [1.807, 2.05) is 0 Å². The van der Waals surface area contributed by atoms with Crippen molar-refractivity contribution in [3.63, 3.8) is 0 Å². The normalized spacial score (nSPS) is 29.0. The summed E-state index contributed by atoms with van der Waals surface area (Å²) in [5.41, 5.74) is 4.34. The maximum atomic E-state index is 5.42. The summed E-state index contributed by atoms with van der Waals surface area (Å²) in [6.07, 6.45) is 3.83. The molecule has 2 atom stereocenters. The number of rotatable bonds is 3. The molecular formula is C18H24N2O. The SMILES string of the molecule is CCN1CC2CC1C=C2c1ccc(N2CCOCC2)cc1. The van der Waals surface area contributed by atoms with Crippen molar-refractivity contribution in [3.8, 4) is 0 Å². The van der Waals surface area contributed by atoms with Crippen molar-refractivity contribution < 1.29 is 4.74 Å². The van der Waals surface area contributed by atoms with E-state index < -0.39 is 0 Å². The molecule has 2 aliphatic heterocycles. The van der Waals surface area contributed by atoms with Gasteiger partial charge in [-0.1, -0.05) is 25.1 Å². The summed E-state index contributed by atoms with van der Waals surface area (Å²) in [6.45, 7) is 8.42. The summed E-state index contributed by atoms with van der Waals surface area (Å²) in [5.74, 6) is 0.754. The molecule has 2 unspecified atom stereocenters. The molecule has 4 rings (SSSR count). The van der Waals surface area contributed by atoms with Gasteiger partial charge in [0, 0.05) is 31.4 Å². The number of likely N-dealkylation sites (N-methyl/N-ethyl adjacent to an activating group) is 1. The second-order valence-electron chi connectivity index (χ2n) is 6.36. The minimum Gasteiger partial charge on any atom is -0.378 e. The van der Waals surface area contributed by atoms with Crippen LogP contribution in [0.25, 0.3) is 5.57 Å². The molecule has 2 fully saturated rings. The van der Waals surface area contributed by atoms with E-state index >= 15 is 0 Å². The van der Waals surface area contributed by atoms with Crippen molar-refractivity contribution in [1.29, 1.82) is 0 Å². The van der Waals surface area contributed by atoms with Gasteiger partial charge in [0.1, 0.15) is 0 Å². The Balaban J connectivity index is 1.51. The zero-order chi connectivity index (χ0) is 14.2. The Hall–Kier alpha value is -1.32. The second-order valence-corrected chi connectivity index (χ2v) is 6.36. The van der Waals surface area contributed by atoms with Gasteiger partial charge in [-0.05, 0) is 42.2 Å². The Morgan fingerprint density at radius 3 is 2.52 bits per heavy atom. The highest BCUT2D eigenvalue weighted by Gasteiger charge is 2.38. The lowest BCUT2D eigenvalue weighted by Crippen LogP contribution is -2.36. The largest absolute Gasteiger partial charge is 0.378 e. The Bertz CT molecular complexity index is 531. The molecule has 1 aromatic rings. The van der Waals surface area contributed by atoms with Crippen LogP contribution in [0.1, 0.15) is 18.9 Å². The molecule has 1 aliphatic carbocycles. The summed E-state index contributed by atoms with van der Waals surface area (Å²) in [5, 5.41) is 0. The Morgan fingerprint density at radius 2 is 1.90 bits per heavy atom. The molecule has 21 heavy (non-hydrogen) atoms. The maximum Gasteiger partial charge on any atom is 0.0642 e. The van der Waals surface area contributed by atoms with Gasteiger partial charge < -0.3 is 9.64 Å². The number of fused-ring (bicyclic) bond motifs is 2. The van der Waals surface area contributed by atoms with E-state index in [0.717, 1.165) is 32.2 Å². The van der Waals surface area contributed by atoms with E-state index in [1.165, 1.54) is 30.8 Å². The molecule has 0 aromatic heterocycles. The average molecular weight is 284 g/mol. The predicted octanol–water partition coefficient (Wildman–Crippen LogP) is 2.63. The molecule has 2 heterocycles. The highest BCUT2D eigenvalue weighted by Crippen LogP contribution is 2.42. The molecule has 0 saturated carbocycles. The van der Waals surface area contributed by atoms with Gasteiger partial charge >= 0.3 is 0 Å². The minimum absolute atomic E-state index is 0.689. The van der Waals surface area contributed by atoms with Crippen molar-refractivity contribution in [3.05, 3.63) is 35.9 Å². The van der Waals surface area contributed by atoms with E-state index in [2.05, 4.69) is 47.1 Å². The van der Waals surface area contributed by atoms with E-state index in [9.17, 15) is 0 Å².